The molecular weight excluding hydrogens is 270 g/mol. The van der Waals surface area contributed by atoms with Crippen LogP contribution in [0.3, 0.4) is 0 Å². The van der Waals surface area contributed by atoms with E-state index in [1.807, 2.05) is 11.3 Å². The number of hydrogen-bond acceptors (Lipinski definition) is 2. The summed E-state index contributed by atoms with van der Waals surface area (Å²) in [5.41, 5.74) is 0. The van der Waals surface area contributed by atoms with E-state index in [0.29, 0.717) is 6.04 Å². The number of thiophene rings is 1. The summed E-state index contributed by atoms with van der Waals surface area (Å²) in [4.78, 5) is 1.46. The molecule has 3 heteroatoms. The maximum absolute atomic E-state index is 3.51. The number of likely N-dealkylation sites (N-methyl/N-ethyl adjacent to an activating group) is 1. The summed E-state index contributed by atoms with van der Waals surface area (Å²) in [6, 6.07) is 4.97. The summed E-state index contributed by atoms with van der Waals surface area (Å²) in [6.45, 7) is 4.59. The summed E-state index contributed by atoms with van der Waals surface area (Å²) in [7, 11) is 2.07. The highest BCUT2D eigenvalue weighted by Gasteiger charge is 2.11. The molecule has 1 nitrogen and oxygen atoms in total. The van der Waals surface area contributed by atoms with Crippen molar-refractivity contribution in [1.82, 2.24) is 5.32 Å². The molecule has 0 fully saturated rings. The zero-order valence-electron chi connectivity index (χ0n) is 9.72. The SMILES string of the molecule is CCC(C)CC(Cc1ccc(Br)s1)NC. The Bertz CT molecular complexity index is 285. The van der Waals surface area contributed by atoms with Gasteiger partial charge in [0.25, 0.3) is 0 Å². The maximum Gasteiger partial charge on any atom is 0.0701 e. The van der Waals surface area contributed by atoms with Crippen molar-refractivity contribution in [2.75, 3.05) is 7.05 Å². The van der Waals surface area contributed by atoms with Crippen LogP contribution in [-0.2, 0) is 6.42 Å². The van der Waals surface area contributed by atoms with E-state index in [9.17, 15) is 0 Å². The molecule has 0 saturated heterocycles. The van der Waals surface area contributed by atoms with E-state index in [-0.39, 0.29) is 0 Å². The fourth-order valence-corrected chi connectivity index (χ4v) is 3.22. The van der Waals surface area contributed by atoms with Crippen molar-refractivity contribution in [3.8, 4) is 0 Å². The van der Waals surface area contributed by atoms with Crippen molar-refractivity contribution >= 4 is 27.3 Å². The van der Waals surface area contributed by atoms with Crippen LogP contribution < -0.4 is 5.32 Å². The average molecular weight is 290 g/mol. The molecular formula is C12H20BrNS. The number of nitrogens with one attached hydrogen (secondary N) is 1. The van der Waals surface area contributed by atoms with Crippen LogP contribution in [0.4, 0.5) is 0 Å². The van der Waals surface area contributed by atoms with Gasteiger partial charge in [0.05, 0.1) is 3.79 Å². The molecule has 1 rings (SSSR count). The van der Waals surface area contributed by atoms with Gasteiger partial charge in [0, 0.05) is 10.9 Å². The van der Waals surface area contributed by atoms with Gasteiger partial charge in [0.1, 0.15) is 0 Å². The molecule has 1 aromatic rings. The van der Waals surface area contributed by atoms with E-state index >= 15 is 0 Å². The highest BCUT2D eigenvalue weighted by atomic mass is 79.9. The average Bonchev–Trinajstić information content (AvgIpc) is 2.62. The molecule has 1 aromatic heterocycles. The number of hydrogen-bond donors (Lipinski definition) is 1. The summed E-state index contributed by atoms with van der Waals surface area (Å²) in [6.07, 6.45) is 3.69. The predicted octanol–water partition coefficient (Wildman–Crippen LogP) is 4.08. The Morgan fingerprint density at radius 1 is 1.47 bits per heavy atom. The molecule has 0 radical (unpaired) electrons. The van der Waals surface area contributed by atoms with Gasteiger partial charge in [-0.05, 0) is 53.9 Å². The van der Waals surface area contributed by atoms with Crippen LogP contribution >= 0.6 is 27.3 Å². The first-order valence-electron chi connectivity index (χ1n) is 5.57. The summed E-state index contributed by atoms with van der Waals surface area (Å²) in [5.74, 6) is 0.811. The summed E-state index contributed by atoms with van der Waals surface area (Å²) >= 11 is 5.35. The largest absolute Gasteiger partial charge is 0.317 e. The summed E-state index contributed by atoms with van der Waals surface area (Å²) in [5, 5.41) is 3.42. The lowest BCUT2D eigenvalue weighted by molar-refractivity contribution is 0.412. The van der Waals surface area contributed by atoms with Gasteiger partial charge in [-0.25, -0.2) is 0 Å². The predicted molar refractivity (Wildman–Crippen MR) is 72.6 cm³/mol. The number of rotatable bonds is 6. The monoisotopic (exact) mass is 289 g/mol. The normalized spacial score (nSPS) is 15.2. The maximum atomic E-state index is 3.51. The van der Waals surface area contributed by atoms with Gasteiger partial charge < -0.3 is 5.32 Å². The Hall–Kier alpha value is 0.140. The van der Waals surface area contributed by atoms with E-state index in [0.717, 1.165) is 12.3 Å². The second kappa shape index (κ2) is 6.66. The Morgan fingerprint density at radius 3 is 2.67 bits per heavy atom. The molecule has 1 heterocycles. The van der Waals surface area contributed by atoms with Gasteiger partial charge in [-0.15, -0.1) is 11.3 Å². The standard InChI is InChI=1S/C12H20BrNS/c1-4-9(2)7-10(14-3)8-11-5-6-12(13)15-11/h5-6,9-10,14H,4,7-8H2,1-3H3. The highest BCUT2D eigenvalue weighted by Crippen LogP contribution is 2.24. The lowest BCUT2D eigenvalue weighted by Crippen LogP contribution is -2.29. The van der Waals surface area contributed by atoms with Crippen LogP contribution in [0.5, 0.6) is 0 Å². The minimum atomic E-state index is 0.616. The molecule has 0 spiro atoms. The molecule has 0 aliphatic rings. The first kappa shape index (κ1) is 13.2. The van der Waals surface area contributed by atoms with Crippen molar-refractivity contribution < 1.29 is 0 Å². The minimum absolute atomic E-state index is 0.616. The van der Waals surface area contributed by atoms with Crippen LogP contribution in [0.1, 0.15) is 31.6 Å². The molecule has 0 bridgehead atoms. The first-order valence-corrected chi connectivity index (χ1v) is 7.18. The lowest BCUT2D eigenvalue weighted by atomic mass is 9.97. The van der Waals surface area contributed by atoms with E-state index < -0.39 is 0 Å². The van der Waals surface area contributed by atoms with Gasteiger partial charge in [0.2, 0.25) is 0 Å². The zero-order valence-corrected chi connectivity index (χ0v) is 12.1. The van der Waals surface area contributed by atoms with Crippen molar-refractivity contribution in [2.24, 2.45) is 5.92 Å². The van der Waals surface area contributed by atoms with Crippen molar-refractivity contribution in [1.29, 1.82) is 0 Å². The highest BCUT2D eigenvalue weighted by molar-refractivity contribution is 9.11. The van der Waals surface area contributed by atoms with Gasteiger partial charge in [-0.3, -0.25) is 0 Å². The van der Waals surface area contributed by atoms with E-state index in [4.69, 9.17) is 0 Å². The third-order valence-electron chi connectivity index (χ3n) is 2.87. The molecule has 0 amide bonds. The zero-order chi connectivity index (χ0) is 11.3. The van der Waals surface area contributed by atoms with Gasteiger partial charge in [0.15, 0.2) is 0 Å². The van der Waals surface area contributed by atoms with Gasteiger partial charge in [-0.2, -0.15) is 0 Å². The lowest BCUT2D eigenvalue weighted by Gasteiger charge is -2.18. The third-order valence-corrected chi connectivity index (χ3v) is 4.51. The fraction of sp³-hybridized carbons (Fsp3) is 0.667. The smallest absolute Gasteiger partial charge is 0.0701 e. The Morgan fingerprint density at radius 2 is 2.20 bits per heavy atom. The minimum Gasteiger partial charge on any atom is -0.317 e. The Balaban J connectivity index is 2.46. The van der Waals surface area contributed by atoms with Crippen LogP contribution in [0.15, 0.2) is 15.9 Å². The van der Waals surface area contributed by atoms with Crippen LogP contribution in [-0.4, -0.2) is 13.1 Å². The molecule has 0 aliphatic carbocycles. The van der Waals surface area contributed by atoms with Crippen molar-refractivity contribution in [3.05, 3.63) is 20.8 Å². The quantitative estimate of drug-likeness (QED) is 0.832. The van der Waals surface area contributed by atoms with Crippen LogP contribution in [0.2, 0.25) is 0 Å². The molecule has 1 N–H and O–H groups in total. The molecule has 0 aromatic carbocycles. The molecule has 2 unspecified atom stereocenters. The third kappa shape index (κ3) is 4.66. The van der Waals surface area contributed by atoms with Gasteiger partial charge in [-0.1, -0.05) is 20.3 Å². The molecule has 2 atom stereocenters. The molecule has 0 aliphatic heterocycles. The van der Waals surface area contributed by atoms with Crippen molar-refractivity contribution in [2.45, 2.75) is 39.2 Å². The number of halogens is 1. The second-order valence-corrected chi connectivity index (χ2v) is 6.69. The van der Waals surface area contributed by atoms with E-state index in [1.54, 1.807) is 0 Å². The summed E-state index contributed by atoms with van der Waals surface area (Å²) < 4.78 is 1.23. The van der Waals surface area contributed by atoms with E-state index in [2.05, 4.69) is 54.3 Å². The fourth-order valence-electron chi connectivity index (χ4n) is 1.66. The van der Waals surface area contributed by atoms with Crippen LogP contribution in [0, 0.1) is 5.92 Å². The first-order chi connectivity index (χ1) is 7.15. The molecule has 0 saturated carbocycles. The molecule has 86 valence electrons. The Labute approximate surface area is 105 Å². The topological polar surface area (TPSA) is 12.0 Å². The Kier molecular flexibility index (Phi) is 5.87. The molecule has 15 heavy (non-hydrogen) atoms. The second-order valence-electron chi connectivity index (χ2n) is 4.14. The van der Waals surface area contributed by atoms with E-state index in [1.165, 1.54) is 21.5 Å². The van der Waals surface area contributed by atoms with Gasteiger partial charge >= 0.3 is 0 Å². The van der Waals surface area contributed by atoms with Crippen LogP contribution in [0.25, 0.3) is 0 Å². The van der Waals surface area contributed by atoms with Crippen molar-refractivity contribution in [3.63, 3.8) is 0 Å².